The molecule has 0 saturated heterocycles. The number of hydrogen-bond acceptors (Lipinski definition) is 3. The maximum absolute atomic E-state index is 11.7. The van der Waals surface area contributed by atoms with Crippen molar-refractivity contribution in [1.29, 1.82) is 0 Å². The first-order valence-corrected chi connectivity index (χ1v) is 7.95. The zero-order valence-electron chi connectivity index (χ0n) is 12.6. The van der Waals surface area contributed by atoms with Crippen molar-refractivity contribution in [2.45, 2.75) is 25.8 Å². The molecule has 1 aliphatic heterocycles. The van der Waals surface area contributed by atoms with E-state index in [0.29, 0.717) is 13.0 Å². The summed E-state index contributed by atoms with van der Waals surface area (Å²) in [6, 6.07) is 8.55. The lowest BCUT2D eigenvalue weighted by atomic mass is 10.00. The van der Waals surface area contributed by atoms with Crippen molar-refractivity contribution < 1.29 is 14.7 Å². The van der Waals surface area contributed by atoms with Gasteiger partial charge in [-0.25, -0.2) is 0 Å². The van der Waals surface area contributed by atoms with Crippen molar-refractivity contribution in [1.82, 2.24) is 10.2 Å². The normalized spacial score (nSPS) is 23.6. The van der Waals surface area contributed by atoms with Crippen molar-refractivity contribution >= 4 is 11.9 Å². The molecule has 1 amide bonds. The molecule has 118 valence electrons. The van der Waals surface area contributed by atoms with Crippen LogP contribution in [0.4, 0.5) is 0 Å². The fourth-order valence-corrected chi connectivity index (χ4v) is 3.15. The lowest BCUT2D eigenvalue weighted by Gasteiger charge is -2.28. The van der Waals surface area contributed by atoms with Gasteiger partial charge in [0.1, 0.15) is 0 Å². The van der Waals surface area contributed by atoms with Crippen molar-refractivity contribution in [3.63, 3.8) is 0 Å². The van der Waals surface area contributed by atoms with E-state index < -0.39 is 11.9 Å². The highest BCUT2D eigenvalue weighted by molar-refractivity contribution is 5.89. The smallest absolute Gasteiger partial charge is 0.307 e. The lowest BCUT2D eigenvalue weighted by molar-refractivity contribution is -0.140. The zero-order valence-corrected chi connectivity index (χ0v) is 12.6. The molecule has 5 nitrogen and oxygen atoms in total. The van der Waals surface area contributed by atoms with Crippen LogP contribution in [0.3, 0.4) is 0 Å². The number of nitrogens with zero attached hydrogens (tertiary/aromatic N) is 1. The minimum atomic E-state index is -0.855. The molecule has 0 unspecified atom stereocenters. The number of carbonyl (C=O) groups is 2. The molecule has 22 heavy (non-hydrogen) atoms. The van der Waals surface area contributed by atoms with Gasteiger partial charge in [-0.2, -0.15) is 0 Å². The monoisotopic (exact) mass is 302 g/mol. The van der Waals surface area contributed by atoms with Gasteiger partial charge in [-0.15, -0.1) is 0 Å². The number of carbonyl (C=O) groups excluding carboxylic acids is 1. The fourth-order valence-electron chi connectivity index (χ4n) is 3.15. The van der Waals surface area contributed by atoms with Crippen molar-refractivity contribution in [2.75, 3.05) is 19.6 Å². The topological polar surface area (TPSA) is 69.6 Å². The number of carboxylic acid groups (broad SMARTS) is 1. The van der Waals surface area contributed by atoms with E-state index in [1.807, 2.05) is 0 Å². The van der Waals surface area contributed by atoms with E-state index in [-0.39, 0.29) is 11.8 Å². The van der Waals surface area contributed by atoms with Crippen LogP contribution in [0.1, 0.15) is 24.0 Å². The summed E-state index contributed by atoms with van der Waals surface area (Å²) >= 11 is 0. The summed E-state index contributed by atoms with van der Waals surface area (Å²) in [4.78, 5) is 24.9. The van der Waals surface area contributed by atoms with Crippen LogP contribution in [-0.4, -0.2) is 41.5 Å². The number of amides is 1. The second-order valence-electron chi connectivity index (χ2n) is 6.23. The molecule has 3 rings (SSSR count). The second kappa shape index (κ2) is 6.48. The summed E-state index contributed by atoms with van der Waals surface area (Å²) in [6.07, 6.45) is 2.48. The summed E-state index contributed by atoms with van der Waals surface area (Å²) in [6.45, 7) is 3.63. The van der Waals surface area contributed by atoms with Gasteiger partial charge in [-0.1, -0.05) is 24.3 Å². The van der Waals surface area contributed by atoms with Crippen molar-refractivity contribution in [3.05, 3.63) is 35.4 Å². The number of rotatable bonds is 6. The predicted molar refractivity (Wildman–Crippen MR) is 82.3 cm³/mol. The minimum Gasteiger partial charge on any atom is -0.481 e. The molecule has 1 heterocycles. The van der Waals surface area contributed by atoms with Crippen molar-refractivity contribution in [2.24, 2.45) is 11.8 Å². The maximum atomic E-state index is 11.7. The van der Waals surface area contributed by atoms with Crippen LogP contribution in [0.25, 0.3) is 0 Å². The molecule has 1 saturated carbocycles. The van der Waals surface area contributed by atoms with E-state index in [2.05, 4.69) is 34.5 Å². The molecule has 1 fully saturated rings. The highest BCUT2D eigenvalue weighted by Gasteiger charge is 2.48. The molecule has 2 N–H and O–H groups in total. The van der Waals surface area contributed by atoms with Gasteiger partial charge in [-0.3, -0.25) is 14.5 Å². The van der Waals surface area contributed by atoms with E-state index in [0.717, 1.165) is 32.5 Å². The number of hydrogen-bond donors (Lipinski definition) is 2. The molecule has 0 bridgehead atoms. The Morgan fingerprint density at radius 2 is 2.00 bits per heavy atom. The van der Waals surface area contributed by atoms with Gasteiger partial charge in [0.25, 0.3) is 0 Å². The molecule has 1 aliphatic carbocycles. The molecular formula is C17H22N2O3. The largest absolute Gasteiger partial charge is 0.481 e. The highest BCUT2D eigenvalue weighted by atomic mass is 16.4. The number of aliphatic carboxylic acids is 1. The Morgan fingerprint density at radius 1 is 1.23 bits per heavy atom. The van der Waals surface area contributed by atoms with Crippen LogP contribution < -0.4 is 5.32 Å². The second-order valence-corrected chi connectivity index (χ2v) is 6.23. The van der Waals surface area contributed by atoms with E-state index >= 15 is 0 Å². The fraction of sp³-hybridized carbons (Fsp3) is 0.529. The summed E-state index contributed by atoms with van der Waals surface area (Å²) in [5, 5.41) is 11.7. The third kappa shape index (κ3) is 3.47. The average molecular weight is 302 g/mol. The molecule has 1 aromatic rings. The van der Waals surface area contributed by atoms with Gasteiger partial charge in [0.15, 0.2) is 0 Å². The Labute approximate surface area is 130 Å². The predicted octanol–water partition coefficient (Wildman–Crippen LogP) is 1.27. The number of nitrogens with one attached hydrogen (secondary N) is 1. The van der Waals surface area contributed by atoms with E-state index in [4.69, 9.17) is 5.11 Å². The molecule has 5 heteroatoms. The molecule has 0 radical (unpaired) electrons. The Kier molecular flexibility index (Phi) is 4.43. The van der Waals surface area contributed by atoms with Crippen LogP contribution in [0.2, 0.25) is 0 Å². The lowest BCUT2D eigenvalue weighted by Crippen LogP contribution is -2.34. The third-order valence-corrected chi connectivity index (χ3v) is 4.60. The highest BCUT2D eigenvalue weighted by Crippen LogP contribution is 2.38. The first-order chi connectivity index (χ1) is 10.6. The molecule has 0 spiro atoms. The van der Waals surface area contributed by atoms with Crippen LogP contribution in [-0.2, 0) is 22.6 Å². The first kappa shape index (κ1) is 15.0. The van der Waals surface area contributed by atoms with Crippen LogP contribution in [0, 0.1) is 11.8 Å². The summed E-state index contributed by atoms with van der Waals surface area (Å²) in [7, 11) is 0. The van der Waals surface area contributed by atoms with Gasteiger partial charge in [0, 0.05) is 26.2 Å². The van der Waals surface area contributed by atoms with Gasteiger partial charge in [0.05, 0.1) is 11.8 Å². The van der Waals surface area contributed by atoms with E-state index in [9.17, 15) is 9.59 Å². The Bertz CT molecular complexity index is 573. The van der Waals surface area contributed by atoms with Gasteiger partial charge in [0.2, 0.25) is 5.91 Å². The minimum absolute atomic E-state index is 0.101. The number of benzene rings is 1. The van der Waals surface area contributed by atoms with Crippen LogP contribution in [0.5, 0.6) is 0 Å². The SMILES string of the molecule is O=C(O)[C@H]1C[C@@H]1C(=O)NCCCN1CCc2ccccc2C1. The molecule has 0 aromatic heterocycles. The Hall–Kier alpha value is -1.88. The van der Waals surface area contributed by atoms with Crippen LogP contribution >= 0.6 is 0 Å². The standard InChI is InChI=1S/C17H22N2O3/c20-16(14-10-15(14)17(21)22)18-7-3-8-19-9-6-12-4-1-2-5-13(12)11-19/h1-2,4-5,14-15H,3,6-11H2,(H,18,20)(H,21,22)/t14-,15-/m0/s1. The Morgan fingerprint density at radius 3 is 2.73 bits per heavy atom. The van der Waals surface area contributed by atoms with Gasteiger partial charge >= 0.3 is 5.97 Å². The number of carboxylic acids is 1. The maximum Gasteiger partial charge on any atom is 0.307 e. The average Bonchev–Trinajstić information content (AvgIpc) is 3.32. The van der Waals surface area contributed by atoms with E-state index in [1.165, 1.54) is 11.1 Å². The summed E-state index contributed by atoms with van der Waals surface area (Å²) in [5.74, 6) is -1.72. The summed E-state index contributed by atoms with van der Waals surface area (Å²) < 4.78 is 0. The van der Waals surface area contributed by atoms with E-state index in [1.54, 1.807) is 0 Å². The Balaban J connectivity index is 1.35. The molecule has 2 atom stereocenters. The molecule has 2 aliphatic rings. The van der Waals surface area contributed by atoms with Gasteiger partial charge < -0.3 is 10.4 Å². The molecule has 1 aromatic carbocycles. The third-order valence-electron chi connectivity index (χ3n) is 4.60. The number of fused-ring (bicyclic) bond motifs is 1. The summed E-state index contributed by atoms with van der Waals surface area (Å²) in [5.41, 5.74) is 2.85. The van der Waals surface area contributed by atoms with Gasteiger partial charge in [-0.05, 0) is 30.4 Å². The zero-order chi connectivity index (χ0) is 15.5. The first-order valence-electron chi connectivity index (χ1n) is 7.95. The molecular weight excluding hydrogens is 280 g/mol. The van der Waals surface area contributed by atoms with Crippen LogP contribution in [0.15, 0.2) is 24.3 Å². The van der Waals surface area contributed by atoms with Crippen molar-refractivity contribution in [3.8, 4) is 0 Å². The quantitative estimate of drug-likeness (QED) is 0.777.